The molecule has 3 aromatic rings. The molecule has 2 heterocycles. The fraction of sp³-hybridized carbons (Fsp3) is 0. The molecule has 0 saturated carbocycles. The van der Waals surface area contributed by atoms with Crippen LogP contribution in [0.5, 0.6) is 0 Å². The molecular formula is C13H7N5S. The van der Waals surface area contributed by atoms with Gasteiger partial charge >= 0.3 is 0 Å². The topological polar surface area (TPSA) is 75.3 Å². The van der Waals surface area contributed by atoms with Crippen LogP contribution in [0.3, 0.4) is 0 Å². The van der Waals surface area contributed by atoms with Gasteiger partial charge in [0.1, 0.15) is 22.4 Å². The Kier molecular flexibility index (Phi) is 3.04. The van der Waals surface area contributed by atoms with Crippen molar-refractivity contribution in [3.05, 3.63) is 48.4 Å². The first kappa shape index (κ1) is 11.6. The zero-order chi connectivity index (χ0) is 13.1. The number of benzene rings is 1. The van der Waals surface area contributed by atoms with Crippen LogP contribution in [0, 0.1) is 11.3 Å². The Morgan fingerprint density at radius 1 is 1.05 bits per heavy atom. The molecule has 1 aromatic carbocycles. The molecular weight excluding hydrogens is 258 g/mol. The van der Waals surface area contributed by atoms with Gasteiger partial charge in [0.2, 0.25) is 0 Å². The highest BCUT2D eigenvalue weighted by molar-refractivity contribution is 7.99. The molecule has 0 amide bonds. The van der Waals surface area contributed by atoms with Crippen molar-refractivity contribution in [3.63, 3.8) is 0 Å². The van der Waals surface area contributed by atoms with Crippen LogP contribution in [0.4, 0.5) is 0 Å². The summed E-state index contributed by atoms with van der Waals surface area (Å²) in [5.41, 5.74) is 1.35. The van der Waals surface area contributed by atoms with Gasteiger partial charge in [0.05, 0.1) is 17.3 Å². The molecule has 0 radical (unpaired) electrons. The predicted octanol–water partition coefficient (Wildman–Crippen LogP) is 2.44. The molecule has 0 aliphatic rings. The molecule has 19 heavy (non-hydrogen) atoms. The number of hydrogen-bond donors (Lipinski definition) is 0. The van der Waals surface area contributed by atoms with E-state index in [0.717, 1.165) is 15.9 Å². The molecule has 0 fully saturated rings. The number of para-hydroxylation sites is 1. The lowest BCUT2D eigenvalue weighted by molar-refractivity contribution is 0.917. The van der Waals surface area contributed by atoms with Gasteiger partial charge < -0.3 is 0 Å². The SMILES string of the molecule is N#Cc1ccnnc1Sc1ncnc2ccccc12. The number of nitrogens with zero attached hydrogens (tertiary/aromatic N) is 5. The average Bonchev–Trinajstić information content (AvgIpc) is 2.48. The second-order valence-corrected chi connectivity index (χ2v) is 4.64. The van der Waals surface area contributed by atoms with Crippen molar-refractivity contribution in [1.82, 2.24) is 20.2 Å². The number of nitriles is 1. The normalized spacial score (nSPS) is 10.3. The maximum absolute atomic E-state index is 9.05. The molecule has 0 N–H and O–H groups in total. The van der Waals surface area contributed by atoms with Gasteiger partial charge in [0.25, 0.3) is 0 Å². The minimum absolute atomic E-state index is 0.489. The summed E-state index contributed by atoms with van der Waals surface area (Å²) >= 11 is 1.32. The largest absolute Gasteiger partial charge is 0.236 e. The summed E-state index contributed by atoms with van der Waals surface area (Å²) in [6.45, 7) is 0. The third-order valence-electron chi connectivity index (χ3n) is 2.51. The highest BCUT2D eigenvalue weighted by atomic mass is 32.2. The van der Waals surface area contributed by atoms with Crippen molar-refractivity contribution in [2.45, 2.75) is 10.1 Å². The molecule has 2 aromatic heterocycles. The Morgan fingerprint density at radius 2 is 1.95 bits per heavy atom. The molecule has 5 nitrogen and oxygen atoms in total. The van der Waals surface area contributed by atoms with Crippen LogP contribution in [0.1, 0.15) is 5.56 Å². The minimum atomic E-state index is 0.489. The first-order valence-electron chi connectivity index (χ1n) is 5.48. The Labute approximate surface area is 113 Å². The lowest BCUT2D eigenvalue weighted by atomic mass is 10.2. The summed E-state index contributed by atoms with van der Waals surface area (Å²) in [6, 6.07) is 11.5. The number of hydrogen-bond acceptors (Lipinski definition) is 6. The van der Waals surface area contributed by atoms with Crippen molar-refractivity contribution in [2.75, 3.05) is 0 Å². The van der Waals surface area contributed by atoms with Crippen LogP contribution in [0.2, 0.25) is 0 Å². The van der Waals surface area contributed by atoms with Crippen LogP contribution in [0.15, 0.2) is 52.9 Å². The number of fused-ring (bicyclic) bond motifs is 1. The summed E-state index contributed by atoms with van der Waals surface area (Å²) in [7, 11) is 0. The van der Waals surface area contributed by atoms with E-state index in [9.17, 15) is 0 Å². The Balaban J connectivity index is 2.09. The summed E-state index contributed by atoms with van der Waals surface area (Å²) in [6.07, 6.45) is 3.01. The zero-order valence-electron chi connectivity index (χ0n) is 9.69. The van der Waals surface area contributed by atoms with E-state index in [2.05, 4.69) is 26.2 Å². The summed E-state index contributed by atoms with van der Waals surface area (Å²) in [5.74, 6) is 0. The van der Waals surface area contributed by atoms with E-state index >= 15 is 0 Å². The first-order chi connectivity index (χ1) is 9.38. The average molecular weight is 265 g/mol. The maximum Gasteiger partial charge on any atom is 0.143 e. The van der Waals surface area contributed by atoms with Crippen LogP contribution < -0.4 is 0 Å². The van der Waals surface area contributed by atoms with E-state index in [0.29, 0.717) is 10.6 Å². The van der Waals surface area contributed by atoms with Gasteiger partial charge in [-0.2, -0.15) is 10.4 Å². The lowest BCUT2D eigenvalue weighted by Gasteiger charge is -2.04. The molecule has 0 aliphatic carbocycles. The molecule has 0 spiro atoms. The molecule has 3 rings (SSSR count). The van der Waals surface area contributed by atoms with Crippen molar-refractivity contribution < 1.29 is 0 Å². The quantitative estimate of drug-likeness (QED) is 0.662. The highest BCUT2D eigenvalue weighted by Crippen LogP contribution is 2.30. The summed E-state index contributed by atoms with van der Waals surface area (Å²) < 4.78 is 0. The third kappa shape index (κ3) is 2.23. The van der Waals surface area contributed by atoms with Gasteiger partial charge in [-0.05, 0) is 23.9 Å². The Hall–Kier alpha value is -2.52. The number of aromatic nitrogens is 4. The number of rotatable bonds is 2. The van der Waals surface area contributed by atoms with E-state index in [1.807, 2.05) is 24.3 Å². The monoisotopic (exact) mass is 265 g/mol. The van der Waals surface area contributed by atoms with Crippen molar-refractivity contribution in [1.29, 1.82) is 5.26 Å². The molecule has 6 heteroatoms. The Morgan fingerprint density at radius 3 is 2.84 bits per heavy atom. The third-order valence-corrected chi connectivity index (χ3v) is 3.52. The fourth-order valence-corrected chi connectivity index (χ4v) is 2.51. The van der Waals surface area contributed by atoms with Crippen molar-refractivity contribution in [3.8, 4) is 6.07 Å². The van der Waals surface area contributed by atoms with Crippen LogP contribution in [-0.2, 0) is 0 Å². The smallest absolute Gasteiger partial charge is 0.143 e. The predicted molar refractivity (Wildman–Crippen MR) is 70.4 cm³/mol. The second-order valence-electron chi connectivity index (χ2n) is 3.66. The van der Waals surface area contributed by atoms with E-state index in [-0.39, 0.29) is 0 Å². The molecule has 90 valence electrons. The Bertz CT molecular complexity index is 776. The van der Waals surface area contributed by atoms with Gasteiger partial charge in [-0.25, -0.2) is 9.97 Å². The molecule has 0 saturated heterocycles. The maximum atomic E-state index is 9.05. The first-order valence-corrected chi connectivity index (χ1v) is 6.29. The molecule has 0 aliphatic heterocycles. The van der Waals surface area contributed by atoms with Crippen molar-refractivity contribution in [2.24, 2.45) is 0 Å². The summed E-state index contributed by atoms with van der Waals surface area (Å²) in [4.78, 5) is 8.45. The van der Waals surface area contributed by atoms with Crippen LogP contribution in [0.25, 0.3) is 10.9 Å². The van der Waals surface area contributed by atoms with E-state index in [1.54, 1.807) is 6.07 Å². The van der Waals surface area contributed by atoms with Gasteiger partial charge in [-0.3, -0.25) is 0 Å². The van der Waals surface area contributed by atoms with E-state index in [1.165, 1.54) is 24.3 Å². The minimum Gasteiger partial charge on any atom is -0.236 e. The molecule has 0 atom stereocenters. The van der Waals surface area contributed by atoms with Crippen LogP contribution >= 0.6 is 11.8 Å². The highest BCUT2D eigenvalue weighted by Gasteiger charge is 2.10. The van der Waals surface area contributed by atoms with Gasteiger partial charge in [-0.1, -0.05) is 18.2 Å². The van der Waals surface area contributed by atoms with Gasteiger partial charge in [0.15, 0.2) is 0 Å². The standard InChI is InChI=1S/C13H7N5S/c14-7-9-5-6-17-18-12(9)19-13-10-3-1-2-4-11(10)15-8-16-13/h1-6,8H. The lowest BCUT2D eigenvalue weighted by Crippen LogP contribution is -1.91. The molecule has 0 bridgehead atoms. The van der Waals surface area contributed by atoms with E-state index < -0.39 is 0 Å². The molecule has 0 unspecified atom stereocenters. The van der Waals surface area contributed by atoms with Gasteiger partial charge in [0, 0.05) is 5.39 Å². The van der Waals surface area contributed by atoms with Crippen LogP contribution in [-0.4, -0.2) is 20.2 Å². The summed E-state index contributed by atoms with van der Waals surface area (Å²) in [5, 5.41) is 19.1. The van der Waals surface area contributed by atoms with E-state index in [4.69, 9.17) is 5.26 Å². The van der Waals surface area contributed by atoms with Gasteiger partial charge in [-0.15, -0.1) is 5.10 Å². The fourth-order valence-electron chi connectivity index (χ4n) is 1.63. The second kappa shape index (κ2) is 5.00. The van der Waals surface area contributed by atoms with Crippen molar-refractivity contribution >= 4 is 22.7 Å². The zero-order valence-corrected chi connectivity index (χ0v) is 10.5.